The van der Waals surface area contributed by atoms with E-state index in [0.29, 0.717) is 18.2 Å². The van der Waals surface area contributed by atoms with Crippen molar-refractivity contribution in [1.29, 1.82) is 0 Å². The van der Waals surface area contributed by atoms with Crippen LogP contribution in [0.2, 0.25) is 0 Å². The molecule has 19 heavy (non-hydrogen) atoms. The van der Waals surface area contributed by atoms with Crippen molar-refractivity contribution in [2.75, 3.05) is 18.8 Å². The van der Waals surface area contributed by atoms with Crippen molar-refractivity contribution < 1.29 is 4.79 Å². The third-order valence-electron chi connectivity index (χ3n) is 3.93. The molecule has 1 aromatic heterocycles. The molecule has 0 spiro atoms. The van der Waals surface area contributed by atoms with E-state index in [1.165, 1.54) is 0 Å². The number of fused-ring (bicyclic) bond motifs is 1. The van der Waals surface area contributed by atoms with Gasteiger partial charge in [-0.15, -0.1) is 0 Å². The monoisotopic (exact) mass is 280 g/mol. The molecule has 2 aliphatic rings. The van der Waals surface area contributed by atoms with E-state index >= 15 is 0 Å². The summed E-state index contributed by atoms with van der Waals surface area (Å²) in [5, 5.41) is 3.92. The van der Waals surface area contributed by atoms with Gasteiger partial charge in [-0.2, -0.15) is 11.8 Å². The summed E-state index contributed by atoms with van der Waals surface area (Å²) in [7, 11) is 0. The Balaban J connectivity index is 1.65. The van der Waals surface area contributed by atoms with Crippen molar-refractivity contribution in [1.82, 2.24) is 20.2 Å². The largest absolute Gasteiger partial charge is 0.347 e. The second-order valence-corrected chi connectivity index (χ2v) is 6.56. The van der Waals surface area contributed by atoms with Gasteiger partial charge in [-0.1, -0.05) is 6.92 Å². The van der Waals surface area contributed by atoms with Crippen LogP contribution in [0.3, 0.4) is 0 Å². The molecule has 1 amide bonds. The molecule has 0 radical (unpaired) electrons. The van der Waals surface area contributed by atoms with Crippen LogP contribution in [0.1, 0.15) is 24.7 Å². The molecule has 1 aromatic rings. The van der Waals surface area contributed by atoms with Gasteiger partial charge >= 0.3 is 0 Å². The van der Waals surface area contributed by atoms with Crippen LogP contribution in [-0.2, 0) is 17.8 Å². The van der Waals surface area contributed by atoms with Gasteiger partial charge in [0.25, 0.3) is 0 Å². The average Bonchev–Trinajstić information content (AvgIpc) is 2.94. The molecule has 2 atom stereocenters. The highest BCUT2D eigenvalue weighted by Crippen LogP contribution is 2.22. The topological polar surface area (TPSA) is 61.0 Å². The quantitative estimate of drug-likeness (QED) is 0.840. The number of hydrogen-bond acceptors (Lipinski definition) is 4. The summed E-state index contributed by atoms with van der Waals surface area (Å²) in [4.78, 5) is 22.0. The second kappa shape index (κ2) is 5.54. The number of hydrogen-bond donors (Lipinski definition) is 2. The van der Waals surface area contributed by atoms with E-state index in [-0.39, 0.29) is 11.9 Å². The van der Waals surface area contributed by atoms with Gasteiger partial charge in [0.15, 0.2) is 0 Å². The molecule has 2 aliphatic heterocycles. The fourth-order valence-electron chi connectivity index (χ4n) is 2.73. The highest BCUT2D eigenvalue weighted by atomic mass is 32.2. The molecule has 1 saturated heterocycles. The molecule has 104 valence electrons. The van der Waals surface area contributed by atoms with Crippen molar-refractivity contribution in [3.05, 3.63) is 17.7 Å². The number of H-pyrrole nitrogens is 1. The van der Waals surface area contributed by atoms with E-state index in [9.17, 15) is 4.79 Å². The lowest BCUT2D eigenvalue weighted by molar-refractivity contribution is -0.133. The Kier molecular flexibility index (Phi) is 3.79. The molecule has 2 N–H and O–H groups in total. The minimum absolute atomic E-state index is 0.101. The van der Waals surface area contributed by atoms with Gasteiger partial charge in [0.2, 0.25) is 5.91 Å². The van der Waals surface area contributed by atoms with Gasteiger partial charge in [-0.05, 0) is 6.42 Å². The first-order chi connectivity index (χ1) is 9.28. The lowest BCUT2D eigenvalue weighted by Gasteiger charge is -2.35. The minimum atomic E-state index is -0.101. The van der Waals surface area contributed by atoms with Crippen molar-refractivity contribution >= 4 is 17.7 Å². The van der Waals surface area contributed by atoms with Crippen LogP contribution in [0.4, 0.5) is 0 Å². The second-order valence-electron chi connectivity index (χ2n) is 5.15. The maximum atomic E-state index is 12.6. The zero-order valence-corrected chi connectivity index (χ0v) is 12.0. The van der Waals surface area contributed by atoms with Crippen molar-refractivity contribution in [3.63, 3.8) is 0 Å². The molecule has 6 heteroatoms. The van der Waals surface area contributed by atoms with Gasteiger partial charge in [-0.3, -0.25) is 10.1 Å². The Morgan fingerprint density at radius 2 is 2.53 bits per heavy atom. The molecule has 5 nitrogen and oxygen atoms in total. The molecule has 0 bridgehead atoms. The van der Waals surface area contributed by atoms with E-state index in [0.717, 1.165) is 36.7 Å². The molecular weight excluding hydrogens is 260 g/mol. The smallest absolute Gasteiger partial charge is 0.240 e. The number of carbonyl (C=O) groups is 1. The Labute approximate surface area is 117 Å². The number of nitrogens with zero attached hydrogens (tertiary/aromatic N) is 2. The first-order valence-electron chi connectivity index (χ1n) is 6.92. The molecule has 1 fully saturated rings. The highest BCUT2D eigenvalue weighted by Gasteiger charge is 2.31. The van der Waals surface area contributed by atoms with Gasteiger partial charge < -0.3 is 9.88 Å². The number of thioether (sulfide) groups is 1. The number of amides is 1. The Morgan fingerprint density at radius 1 is 1.63 bits per heavy atom. The van der Waals surface area contributed by atoms with Crippen LogP contribution in [-0.4, -0.2) is 50.9 Å². The lowest BCUT2D eigenvalue weighted by Crippen LogP contribution is -2.52. The number of imidazole rings is 1. The summed E-state index contributed by atoms with van der Waals surface area (Å²) in [5.41, 5.74) is 2.15. The minimum Gasteiger partial charge on any atom is -0.347 e. The van der Waals surface area contributed by atoms with Crippen molar-refractivity contribution in [3.8, 4) is 0 Å². The fourth-order valence-corrected chi connectivity index (χ4v) is 3.91. The zero-order valence-electron chi connectivity index (χ0n) is 11.2. The molecule has 3 heterocycles. The molecule has 3 rings (SSSR count). The van der Waals surface area contributed by atoms with Crippen LogP contribution in [0.15, 0.2) is 6.33 Å². The molecule has 2 unspecified atom stereocenters. The molecular formula is C13H20N4OS. The molecule has 0 aliphatic carbocycles. The highest BCUT2D eigenvalue weighted by molar-refractivity contribution is 8.00. The van der Waals surface area contributed by atoms with E-state index in [1.807, 2.05) is 16.7 Å². The summed E-state index contributed by atoms with van der Waals surface area (Å²) in [6.45, 7) is 4.68. The van der Waals surface area contributed by atoms with Gasteiger partial charge in [0, 0.05) is 37.1 Å². The summed E-state index contributed by atoms with van der Waals surface area (Å²) in [5.74, 6) is 1.30. The van der Waals surface area contributed by atoms with Crippen molar-refractivity contribution in [2.45, 2.75) is 37.6 Å². The Bertz CT molecular complexity index is 461. The third-order valence-corrected chi connectivity index (χ3v) is 5.31. The van der Waals surface area contributed by atoms with Gasteiger partial charge in [0.05, 0.1) is 23.8 Å². The van der Waals surface area contributed by atoms with E-state index < -0.39 is 0 Å². The molecule has 0 saturated carbocycles. The molecule has 0 aromatic carbocycles. The lowest BCUT2D eigenvalue weighted by atomic mass is 10.0. The maximum Gasteiger partial charge on any atom is 0.240 e. The van der Waals surface area contributed by atoms with E-state index in [2.05, 4.69) is 22.2 Å². The standard InChI is InChI=1S/C13H20N4OS/c1-2-9-7-17(3-4-19-9)13(18)11-5-10-12(6-14-11)16-8-15-10/h8-9,11,14H,2-7H2,1H3,(H,15,16). The van der Waals surface area contributed by atoms with Gasteiger partial charge in [0.1, 0.15) is 0 Å². The number of rotatable bonds is 2. The summed E-state index contributed by atoms with van der Waals surface area (Å²) < 4.78 is 0. The van der Waals surface area contributed by atoms with Crippen LogP contribution in [0.5, 0.6) is 0 Å². The Morgan fingerprint density at radius 3 is 3.37 bits per heavy atom. The predicted molar refractivity (Wildman–Crippen MR) is 76.0 cm³/mol. The van der Waals surface area contributed by atoms with E-state index in [1.54, 1.807) is 6.33 Å². The third kappa shape index (κ3) is 2.65. The zero-order chi connectivity index (χ0) is 13.2. The SMILES string of the molecule is CCC1CN(C(=O)C2Cc3nc[nH]c3CN2)CCS1. The first kappa shape index (κ1) is 13.0. The van der Waals surface area contributed by atoms with Crippen LogP contribution >= 0.6 is 11.8 Å². The van der Waals surface area contributed by atoms with Crippen molar-refractivity contribution in [2.24, 2.45) is 0 Å². The number of nitrogens with one attached hydrogen (secondary N) is 2. The van der Waals surface area contributed by atoms with Gasteiger partial charge in [-0.25, -0.2) is 4.98 Å². The fraction of sp³-hybridized carbons (Fsp3) is 0.692. The summed E-state index contributed by atoms with van der Waals surface area (Å²) in [6, 6.07) is -0.101. The number of carbonyl (C=O) groups excluding carboxylic acids is 1. The number of aromatic nitrogens is 2. The van der Waals surface area contributed by atoms with Crippen LogP contribution < -0.4 is 5.32 Å². The number of aromatic amines is 1. The average molecular weight is 280 g/mol. The van der Waals surface area contributed by atoms with E-state index in [4.69, 9.17) is 0 Å². The normalized spacial score (nSPS) is 27.1. The predicted octanol–water partition coefficient (Wildman–Crippen LogP) is 0.778. The van der Waals surface area contributed by atoms with Crippen LogP contribution in [0, 0.1) is 0 Å². The van der Waals surface area contributed by atoms with Crippen LogP contribution in [0.25, 0.3) is 0 Å². The summed E-state index contributed by atoms with van der Waals surface area (Å²) >= 11 is 1.99. The first-order valence-corrected chi connectivity index (χ1v) is 7.97. The maximum absolute atomic E-state index is 12.6. The Hall–Kier alpha value is -1.01. The summed E-state index contributed by atoms with van der Waals surface area (Å²) in [6.07, 6.45) is 3.55.